The first kappa shape index (κ1) is 10.4. The van der Waals surface area contributed by atoms with Crippen LogP contribution in [-0.2, 0) is 0 Å². The van der Waals surface area contributed by atoms with Crippen LogP contribution in [0.4, 0.5) is 16.2 Å². The number of H-pyrrole nitrogens is 2. The van der Waals surface area contributed by atoms with E-state index in [-0.39, 0.29) is 6.03 Å². The Kier molecular flexibility index (Phi) is 2.45. The van der Waals surface area contributed by atoms with Gasteiger partial charge in [0.15, 0.2) is 0 Å². The normalized spacial score (nSPS) is 10.4. The van der Waals surface area contributed by atoms with Gasteiger partial charge in [0, 0.05) is 23.6 Å². The van der Waals surface area contributed by atoms with Crippen LogP contribution in [0.2, 0.25) is 0 Å². The van der Waals surface area contributed by atoms with Crippen LogP contribution in [0.25, 0.3) is 10.9 Å². The number of hydrogen-bond donors (Lipinski definition) is 4. The first-order chi connectivity index (χ1) is 8.81. The minimum absolute atomic E-state index is 0.303. The molecule has 2 heterocycles. The summed E-state index contributed by atoms with van der Waals surface area (Å²) in [7, 11) is 0. The molecule has 3 rings (SSSR count). The van der Waals surface area contributed by atoms with E-state index in [0.717, 1.165) is 16.6 Å². The van der Waals surface area contributed by atoms with Gasteiger partial charge in [0.25, 0.3) is 0 Å². The lowest BCUT2D eigenvalue weighted by molar-refractivity contribution is 0.262. The van der Waals surface area contributed by atoms with Gasteiger partial charge < -0.3 is 15.6 Å². The SMILES string of the molecule is O=C(Nc1cn[nH]c1)Nc1ccc2cc[nH]c2c1. The lowest BCUT2D eigenvalue weighted by atomic mass is 10.2. The molecule has 18 heavy (non-hydrogen) atoms. The number of anilines is 2. The smallest absolute Gasteiger partial charge is 0.323 e. The second-order valence-corrected chi connectivity index (χ2v) is 3.85. The van der Waals surface area contributed by atoms with Gasteiger partial charge in [0.05, 0.1) is 11.9 Å². The van der Waals surface area contributed by atoms with Crippen LogP contribution in [0.5, 0.6) is 0 Å². The van der Waals surface area contributed by atoms with Gasteiger partial charge in [0.2, 0.25) is 0 Å². The van der Waals surface area contributed by atoms with Crippen LogP contribution in [0.15, 0.2) is 42.9 Å². The van der Waals surface area contributed by atoms with Crippen LogP contribution < -0.4 is 10.6 Å². The average Bonchev–Trinajstić information content (AvgIpc) is 2.98. The van der Waals surface area contributed by atoms with Gasteiger partial charge >= 0.3 is 6.03 Å². The van der Waals surface area contributed by atoms with Gasteiger partial charge in [-0.1, -0.05) is 6.07 Å². The highest BCUT2D eigenvalue weighted by molar-refractivity contribution is 6.00. The number of urea groups is 1. The van der Waals surface area contributed by atoms with Crippen molar-refractivity contribution in [3.63, 3.8) is 0 Å². The maximum Gasteiger partial charge on any atom is 0.323 e. The number of amides is 2. The maximum absolute atomic E-state index is 11.7. The van der Waals surface area contributed by atoms with Gasteiger partial charge in [-0.2, -0.15) is 5.10 Å². The predicted molar refractivity (Wildman–Crippen MR) is 69.5 cm³/mol. The Balaban J connectivity index is 1.73. The summed E-state index contributed by atoms with van der Waals surface area (Å²) in [5.74, 6) is 0. The van der Waals surface area contributed by atoms with Crippen molar-refractivity contribution < 1.29 is 4.79 Å². The molecule has 0 unspecified atom stereocenters. The molecule has 0 saturated heterocycles. The Bertz CT molecular complexity index is 671. The first-order valence-electron chi connectivity index (χ1n) is 5.45. The van der Waals surface area contributed by atoms with Crippen molar-refractivity contribution in [1.29, 1.82) is 0 Å². The Morgan fingerprint density at radius 1 is 1.17 bits per heavy atom. The summed E-state index contributed by atoms with van der Waals surface area (Å²) in [6, 6.07) is 7.35. The van der Waals surface area contributed by atoms with Crippen LogP contribution >= 0.6 is 0 Å². The number of carbonyl (C=O) groups is 1. The number of aromatic nitrogens is 3. The molecular formula is C12H11N5O. The number of nitrogens with one attached hydrogen (secondary N) is 4. The molecule has 4 N–H and O–H groups in total. The third-order valence-corrected chi connectivity index (χ3v) is 2.57. The number of hydrogen-bond acceptors (Lipinski definition) is 2. The van der Waals surface area contributed by atoms with E-state index >= 15 is 0 Å². The molecule has 2 amide bonds. The van der Waals surface area contributed by atoms with Gasteiger partial charge in [-0.3, -0.25) is 5.10 Å². The Morgan fingerprint density at radius 2 is 2.06 bits per heavy atom. The van der Waals surface area contributed by atoms with E-state index in [1.54, 1.807) is 6.20 Å². The van der Waals surface area contributed by atoms with Crippen molar-refractivity contribution in [1.82, 2.24) is 15.2 Å². The van der Waals surface area contributed by atoms with Crippen LogP contribution in [0, 0.1) is 0 Å². The van der Waals surface area contributed by atoms with E-state index in [0.29, 0.717) is 5.69 Å². The molecule has 0 saturated carbocycles. The van der Waals surface area contributed by atoms with Crippen molar-refractivity contribution in [3.8, 4) is 0 Å². The quantitative estimate of drug-likeness (QED) is 0.555. The lowest BCUT2D eigenvalue weighted by Gasteiger charge is -2.05. The van der Waals surface area contributed by atoms with Crippen molar-refractivity contribution in [2.45, 2.75) is 0 Å². The predicted octanol–water partition coefficient (Wildman–Crippen LogP) is 2.54. The summed E-state index contributed by atoms with van der Waals surface area (Å²) in [6.07, 6.45) is 5.00. The number of rotatable bonds is 2. The summed E-state index contributed by atoms with van der Waals surface area (Å²) in [4.78, 5) is 14.8. The fourth-order valence-electron chi connectivity index (χ4n) is 1.74. The molecular weight excluding hydrogens is 230 g/mol. The fourth-order valence-corrected chi connectivity index (χ4v) is 1.74. The number of aromatic amines is 2. The summed E-state index contributed by atoms with van der Waals surface area (Å²) in [5.41, 5.74) is 2.33. The Labute approximate surface area is 102 Å². The molecule has 0 radical (unpaired) electrons. The third-order valence-electron chi connectivity index (χ3n) is 2.57. The van der Waals surface area contributed by atoms with Crippen molar-refractivity contribution in [2.24, 2.45) is 0 Å². The van der Waals surface area contributed by atoms with Crippen LogP contribution in [0.3, 0.4) is 0 Å². The van der Waals surface area contributed by atoms with E-state index in [1.807, 2.05) is 30.5 Å². The van der Waals surface area contributed by atoms with E-state index in [4.69, 9.17) is 0 Å². The summed E-state index contributed by atoms with van der Waals surface area (Å²) >= 11 is 0. The minimum Gasteiger partial charge on any atom is -0.361 e. The molecule has 0 bridgehead atoms. The molecule has 0 fully saturated rings. The Morgan fingerprint density at radius 3 is 2.89 bits per heavy atom. The zero-order chi connectivity index (χ0) is 12.4. The van der Waals surface area contributed by atoms with Crippen molar-refractivity contribution in [3.05, 3.63) is 42.9 Å². The number of nitrogens with zero attached hydrogens (tertiary/aromatic N) is 1. The second-order valence-electron chi connectivity index (χ2n) is 3.85. The summed E-state index contributed by atoms with van der Waals surface area (Å²) in [5, 5.41) is 12.9. The molecule has 6 heteroatoms. The largest absolute Gasteiger partial charge is 0.361 e. The third kappa shape index (κ3) is 2.03. The molecule has 0 spiro atoms. The summed E-state index contributed by atoms with van der Waals surface area (Å²) < 4.78 is 0. The van der Waals surface area contributed by atoms with Gasteiger partial charge in [-0.25, -0.2) is 4.79 Å². The van der Waals surface area contributed by atoms with E-state index in [9.17, 15) is 4.79 Å². The highest BCUT2D eigenvalue weighted by Gasteiger charge is 2.04. The molecule has 0 aliphatic carbocycles. The molecule has 0 aliphatic rings. The van der Waals surface area contributed by atoms with E-state index in [1.165, 1.54) is 6.20 Å². The summed E-state index contributed by atoms with van der Waals surface area (Å²) in [6.45, 7) is 0. The van der Waals surface area contributed by atoms with Gasteiger partial charge in [-0.15, -0.1) is 0 Å². The molecule has 1 aromatic carbocycles. The fraction of sp³-hybridized carbons (Fsp3) is 0. The van der Waals surface area contributed by atoms with Crippen LogP contribution in [0.1, 0.15) is 0 Å². The maximum atomic E-state index is 11.7. The van der Waals surface area contributed by atoms with E-state index in [2.05, 4.69) is 25.8 Å². The standard InChI is InChI=1S/C12H11N5O/c18-12(17-10-6-14-15-7-10)16-9-2-1-8-3-4-13-11(8)5-9/h1-7,13H,(H,14,15)(H2,16,17,18). The zero-order valence-electron chi connectivity index (χ0n) is 9.40. The Hall–Kier alpha value is -2.76. The second kappa shape index (κ2) is 4.25. The van der Waals surface area contributed by atoms with Crippen molar-refractivity contribution >= 4 is 28.3 Å². The molecule has 6 nitrogen and oxygen atoms in total. The molecule has 90 valence electrons. The molecule has 3 aromatic rings. The average molecular weight is 241 g/mol. The molecule has 0 atom stereocenters. The number of fused-ring (bicyclic) bond motifs is 1. The van der Waals surface area contributed by atoms with E-state index < -0.39 is 0 Å². The highest BCUT2D eigenvalue weighted by atomic mass is 16.2. The molecule has 0 aliphatic heterocycles. The monoisotopic (exact) mass is 241 g/mol. The molecule has 2 aromatic heterocycles. The lowest BCUT2D eigenvalue weighted by Crippen LogP contribution is -2.18. The van der Waals surface area contributed by atoms with Crippen LogP contribution in [-0.4, -0.2) is 21.2 Å². The first-order valence-corrected chi connectivity index (χ1v) is 5.45. The van der Waals surface area contributed by atoms with Gasteiger partial charge in [-0.05, 0) is 23.6 Å². The minimum atomic E-state index is -0.303. The van der Waals surface area contributed by atoms with Gasteiger partial charge in [0.1, 0.15) is 0 Å². The zero-order valence-corrected chi connectivity index (χ0v) is 9.40. The highest BCUT2D eigenvalue weighted by Crippen LogP contribution is 2.17. The number of benzene rings is 1. The number of carbonyl (C=O) groups excluding carboxylic acids is 1. The van der Waals surface area contributed by atoms with Crippen molar-refractivity contribution in [2.75, 3.05) is 10.6 Å². The topological polar surface area (TPSA) is 85.6 Å².